The lowest BCUT2D eigenvalue weighted by Gasteiger charge is -2.20. The van der Waals surface area contributed by atoms with Crippen LogP contribution in [0, 0.1) is 0 Å². The van der Waals surface area contributed by atoms with Crippen LogP contribution in [0.15, 0.2) is 46.3 Å². The number of hydrogen-bond acceptors (Lipinski definition) is 7. The van der Waals surface area contributed by atoms with Crippen LogP contribution >= 0.6 is 0 Å². The van der Waals surface area contributed by atoms with Gasteiger partial charge in [0.05, 0.1) is 6.20 Å². The number of aliphatic imine (C=N–C) groups is 1. The zero-order valence-corrected chi connectivity index (χ0v) is 9.42. The fourth-order valence-corrected chi connectivity index (χ4v) is 1.79. The molecule has 18 heavy (non-hydrogen) atoms. The van der Waals surface area contributed by atoms with Crippen molar-refractivity contribution in [2.75, 3.05) is 0 Å². The Morgan fingerprint density at radius 2 is 2.00 bits per heavy atom. The third kappa shape index (κ3) is 1.71. The minimum Gasteiger partial charge on any atom is -0.444 e. The number of nitrogens with one attached hydrogen (secondary N) is 2. The average Bonchev–Trinajstić information content (AvgIpc) is 3.00. The molecule has 3 rings (SSSR count). The van der Waals surface area contributed by atoms with Gasteiger partial charge in [0.15, 0.2) is 12.2 Å². The van der Waals surface area contributed by atoms with Gasteiger partial charge in [0, 0.05) is 11.1 Å². The van der Waals surface area contributed by atoms with Gasteiger partial charge in [0.25, 0.3) is 0 Å². The van der Waals surface area contributed by atoms with E-state index in [-0.39, 0.29) is 5.96 Å². The summed E-state index contributed by atoms with van der Waals surface area (Å²) >= 11 is 0. The fraction of sp³-hybridized carbons (Fsp3) is 0.0909. The van der Waals surface area contributed by atoms with Gasteiger partial charge in [0.1, 0.15) is 0 Å². The molecule has 0 amide bonds. The Morgan fingerprint density at radius 3 is 2.56 bits per heavy atom. The summed E-state index contributed by atoms with van der Waals surface area (Å²) in [5.74, 6) is -0.0748. The molecule has 1 unspecified atom stereocenters. The number of nitrogens with two attached hydrogens (primary N) is 2. The summed E-state index contributed by atoms with van der Waals surface area (Å²) in [4.78, 5) is 7.97. The van der Waals surface area contributed by atoms with Gasteiger partial charge in [-0.15, -0.1) is 0 Å². The van der Waals surface area contributed by atoms with Gasteiger partial charge in [-0.25, -0.2) is 9.98 Å². The molecule has 1 aromatic carbocycles. The van der Waals surface area contributed by atoms with E-state index in [1.165, 1.54) is 6.39 Å². The van der Waals surface area contributed by atoms with E-state index in [0.29, 0.717) is 5.76 Å². The predicted molar refractivity (Wildman–Crippen MR) is 65.7 cm³/mol. The molecule has 0 aliphatic carbocycles. The normalized spacial score (nSPS) is 22.6. The second-order valence-electron chi connectivity index (χ2n) is 3.96. The molecule has 0 saturated carbocycles. The van der Waals surface area contributed by atoms with Crippen LogP contribution in [0.1, 0.15) is 5.56 Å². The maximum atomic E-state index is 6.06. The van der Waals surface area contributed by atoms with Gasteiger partial charge in [-0.05, 0) is 0 Å². The largest absolute Gasteiger partial charge is 0.444 e. The Kier molecular flexibility index (Phi) is 2.29. The summed E-state index contributed by atoms with van der Waals surface area (Å²) in [6.07, 6.45) is 3.04. The maximum Gasteiger partial charge on any atom is 0.209 e. The molecule has 7 nitrogen and oxygen atoms in total. The molecule has 1 atom stereocenters. The van der Waals surface area contributed by atoms with Crippen molar-refractivity contribution in [1.29, 1.82) is 0 Å². The van der Waals surface area contributed by atoms with Crippen molar-refractivity contribution in [3.63, 3.8) is 0 Å². The molecule has 92 valence electrons. The summed E-state index contributed by atoms with van der Waals surface area (Å²) in [5, 5.41) is 0. The van der Waals surface area contributed by atoms with Crippen molar-refractivity contribution in [3.8, 4) is 11.3 Å². The number of rotatable bonds is 2. The van der Waals surface area contributed by atoms with Gasteiger partial charge in [-0.2, -0.15) is 5.43 Å². The van der Waals surface area contributed by atoms with Crippen LogP contribution < -0.4 is 22.3 Å². The highest BCUT2D eigenvalue weighted by atomic mass is 16.3. The molecule has 1 aromatic heterocycles. The van der Waals surface area contributed by atoms with E-state index >= 15 is 0 Å². The number of oxazole rings is 1. The Morgan fingerprint density at radius 1 is 1.22 bits per heavy atom. The molecule has 1 aliphatic heterocycles. The molecule has 1 aliphatic rings. The van der Waals surface area contributed by atoms with Gasteiger partial charge >= 0.3 is 0 Å². The second-order valence-corrected chi connectivity index (χ2v) is 3.96. The quantitative estimate of drug-likeness (QED) is 0.583. The SMILES string of the molecule is NC1=NC(N)(c2ccc(-c3cnco3)cc2)NN1. The lowest BCUT2D eigenvalue weighted by atomic mass is 10.1. The minimum atomic E-state index is -1.04. The van der Waals surface area contributed by atoms with E-state index in [1.54, 1.807) is 6.20 Å². The molecule has 0 spiro atoms. The first-order chi connectivity index (χ1) is 8.67. The Bertz CT molecular complexity index is 576. The van der Waals surface area contributed by atoms with Gasteiger partial charge in [0.2, 0.25) is 11.7 Å². The first kappa shape index (κ1) is 10.8. The van der Waals surface area contributed by atoms with Gasteiger partial charge < -0.3 is 10.2 Å². The average molecular weight is 244 g/mol. The first-order valence-electron chi connectivity index (χ1n) is 5.34. The third-order valence-electron chi connectivity index (χ3n) is 2.72. The van der Waals surface area contributed by atoms with Crippen LogP contribution in [-0.4, -0.2) is 10.9 Å². The van der Waals surface area contributed by atoms with Gasteiger partial charge in [-0.1, -0.05) is 24.3 Å². The molecule has 2 aromatic rings. The minimum absolute atomic E-state index is 0.261. The third-order valence-corrected chi connectivity index (χ3v) is 2.72. The summed E-state index contributed by atoms with van der Waals surface area (Å²) in [5.41, 5.74) is 18.8. The monoisotopic (exact) mass is 244 g/mol. The van der Waals surface area contributed by atoms with E-state index in [2.05, 4.69) is 20.8 Å². The zero-order valence-electron chi connectivity index (χ0n) is 9.42. The van der Waals surface area contributed by atoms with Crippen LogP contribution in [0.4, 0.5) is 0 Å². The van der Waals surface area contributed by atoms with E-state index in [4.69, 9.17) is 15.9 Å². The number of aromatic nitrogens is 1. The molecule has 0 fully saturated rings. The standard InChI is InChI=1S/C11H12N6O/c12-10-15-11(13,17-16-10)8-3-1-7(2-4-8)9-5-14-6-18-9/h1-6,17H,13H2,(H3,12,15,16). The molecule has 6 N–H and O–H groups in total. The Balaban J connectivity index is 1.92. The number of nitrogens with zero attached hydrogens (tertiary/aromatic N) is 2. The van der Waals surface area contributed by atoms with Crippen LogP contribution in [-0.2, 0) is 5.79 Å². The Labute approximate surface area is 103 Å². The number of guanidine groups is 1. The van der Waals surface area contributed by atoms with Crippen molar-refractivity contribution in [2.45, 2.75) is 5.79 Å². The van der Waals surface area contributed by atoms with Crippen LogP contribution in [0.2, 0.25) is 0 Å². The van der Waals surface area contributed by atoms with E-state index in [1.807, 2.05) is 24.3 Å². The van der Waals surface area contributed by atoms with Crippen molar-refractivity contribution >= 4 is 5.96 Å². The van der Waals surface area contributed by atoms with Crippen molar-refractivity contribution in [2.24, 2.45) is 16.5 Å². The molecule has 0 radical (unpaired) electrons. The smallest absolute Gasteiger partial charge is 0.209 e. The van der Waals surface area contributed by atoms with Crippen LogP contribution in [0.5, 0.6) is 0 Å². The highest BCUT2D eigenvalue weighted by Crippen LogP contribution is 2.23. The number of benzene rings is 1. The molecular formula is C11H12N6O. The summed E-state index contributed by atoms with van der Waals surface area (Å²) < 4.78 is 5.21. The lowest BCUT2D eigenvalue weighted by Crippen LogP contribution is -2.50. The second kappa shape index (κ2) is 3.83. The van der Waals surface area contributed by atoms with E-state index in [9.17, 15) is 0 Å². The summed E-state index contributed by atoms with van der Waals surface area (Å²) in [6.45, 7) is 0. The van der Waals surface area contributed by atoms with Gasteiger partial charge in [-0.3, -0.25) is 11.2 Å². The predicted octanol–water partition coefficient (Wildman–Crippen LogP) is -0.167. The van der Waals surface area contributed by atoms with Crippen molar-refractivity contribution in [3.05, 3.63) is 42.4 Å². The molecule has 7 heteroatoms. The van der Waals surface area contributed by atoms with Crippen LogP contribution in [0.25, 0.3) is 11.3 Å². The highest BCUT2D eigenvalue weighted by molar-refractivity contribution is 5.79. The van der Waals surface area contributed by atoms with Crippen molar-refractivity contribution < 1.29 is 4.42 Å². The number of hydrazine groups is 1. The maximum absolute atomic E-state index is 6.06. The van der Waals surface area contributed by atoms with Crippen LogP contribution in [0.3, 0.4) is 0 Å². The number of hydrogen-bond donors (Lipinski definition) is 4. The van der Waals surface area contributed by atoms with E-state index < -0.39 is 5.79 Å². The van der Waals surface area contributed by atoms with Crippen molar-refractivity contribution in [1.82, 2.24) is 15.8 Å². The zero-order chi connectivity index (χ0) is 12.6. The molecule has 2 heterocycles. The molecule has 0 saturated heterocycles. The topological polar surface area (TPSA) is 114 Å². The Hall–Kier alpha value is -2.38. The van der Waals surface area contributed by atoms with E-state index in [0.717, 1.165) is 11.1 Å². The highest BCUT2D eigenvalue weighted by Gasteiger charge is 2.31. The molecule has 0 bridgehead atoms. The summed E-state index contributed by atoms with van der Waals surface area (Å²) in [7, 11) is 0. The molecular weight excluding hydrogens is 232 g/mol. The lowest BCUT2D eigenvalue weighted by molar-refractivity contribution is 0.375. The first-order valence-corrected chi connectivity index (χ1v) is 5.34. The summed E-state index contributed by atoms with van der Waals surface area (Å²) in [6, 6.07) is 7.48. The fourth-order valence-electron chi connectivity index (χ4n) is 1.79.